The van der Waals surface area contributed by atoms with Crippen molar-refractivity contribution in [3.8, 4) is 6.01 Å². The molecule has 0 atom stereocenters. The summed E-state index contributed by atoms with van der Waals surface area (Å²) in [5.74, 6) is 0.816. The zero-order chi connectivity index (χ0) is 13.4. The van der Waals surface area contributed by atoms with Gasteiger partial charge in [0.15, 0.2) is 0 Å². The first kappa shape index (κ1) is 14.5. The van der Waals surface area contributed by atoms with E-state index in [0.29, 0.717) is 5.95 Å². The van der Waals surface area contributed by atoms with Crippen molar-refractivity contribution in [2.45, 2.75) is 39.5 Å². The van der Waals surface area contributed by atoms with E-state index in [2.05, 4.69) is 33.7 Å². The monoisotopic (exact) mass is 253 g/mol. The maximum atomic E-state index is 5.66. The molecule has 1 aromatic rings. The first-order chi connectivity index (χ1) is 8.71. The summed E-state index contributed by atoms with van der Waals surface area (Å²) in [6.45, 7) is 6.20. The minimum absolute atomic E-state index is 0.204. The van der Waals surface area contributed by atoms with Crippen molar-refractivity contribution in [3.05, 3.63) is 0 Å². The Morgan fingerprint density at radius 2 is 1.67 bits per heavy atom. The summed E-state index contributed by atoms with van der Waals surface area (Å²) < 4.78 is 5.03. The van der Waals surface area contributed by atoms with Gasteiger partial charge in [0, 0.05) is 13.1 Å². The quantitative estimate of drug-likeness (QED) is 0.762. The molecule has 1 heterocycles. The number of nitrogens with two attached hydrogens (primary N) is 1. The predicted octanol–water partition coefficient (Wildman–Crippen LogP) is 1.87. The number of nitrogen functional groups attached to an aromatic ring is 1. The third-order valence-corrected chi connectivity index (χ3v) is 2.65. The van der Waals surface area contributed by atoms with E-state index in [4.69, 9.17) is 10.5 Å². The molecule has 0 saturated heterocycles. The van der Waals surface area contributed by atoms with Gasteiger partial charge in [-0.05, 0) is 12.8 Å². The predicted molar refractivity (Wildman–Crippen MR) is 72.8 cm³/mol. The molecular formula is C12H23N5O. The lowest BCUT2D eigenvalue weighted by Gasteiger charge is -2.22. The third kappa shape index (κ3) is 4.35. The van der Waals surface area contributed by atoms with Crippen molar-refractivity contribution in [2.24, 2.45) is 0 Å². The molecule has 102 valence electrons. The summed E-state index contributed by atoms with van der Waals surface area (Å²) in [7, 11) is 1.53. The highest BCUT2D eigenvalue weighted by Gasteiger charge is 2.12. The third-order valence-electron chi connectivity index (χ3n) is 2.65. The Kier molecular flexibility index (Phi) is 6.18. The van der Waals surface area contributed by atoms with Crippen LogP contribution in [0.25, 0.3) is 0 Å². The SMILES string of the molecule is CCCCN(CCCC)c1nc(N)nc(OC)n1. The summed E-state index contributed by atoms with van der Waals surface area (Å²) in [6.07, 6.45) is 4.50. The molecule has 1 rings (SSSR count). The molecule has 0 aliphatic carbocycles. The second-order valence-corrected chi connectivity index (χ2v) is 4.17. The van der Waals surface area contributed by atoms with Gasteiger partial charge in [-0.3, -0.25) is 0 Å². The second kappa shape index (κ2) is 7.68. The Morgan fingerprint density at radius 1 is 1.06 bits per heavy atom. The van der Waals surface area contributed by atoms with Gasteiger partial charge in [-0.15, -0.1) is 0 Å². The van der Waals surface area contributed by atoms with E-state index in [-0.39, 0.29) is 12.0 Å². The molecule has 6 nitrogen and oxygen atoms in total. The molecule has 0 amide bonds. The maximum absolute atomic E-state index is 5.66. The van der Waals surface area contributed by atoms with Crippen LogP contribution in [-0.4, -0.2) is 35.2 Å². The number of hydrogen-bond donors (Lipinski definition) is 1. The van der Waals surface area contributed by atoms with Crippen molar-refractivity contribution in [1.29, 1.82) is 0 Å². The fraction of sp³-hybridized carbons (Fsp3) is 0.750. The molecule has 0 aliphatic heterocycles. The van der Waals surface area contributed by atoms with Crippen molar-refractivity contribution >= 4 is 11.9 Å². The zero-order valence-electron chi connectivity index (χ0n) is 11.5. The number of hydrogen-bond acceptors (Lipinski definition) is 6. The van der Waals surface area contributed by atoms with Gasteiger partial charge >= 0.3 is 6.01 Å². The highest BCUT2D eigenvalue weighted by atomic mass is 16.5. The average molecular weight is 253 g/mol. The highest BCUT2D eigenvalue weighted by Crippen LogP contribution is 2.14. The van der Waals surface area contributed by atoms with Gasteiger partial charge in [0.1, 0.15) is 0 Å². The van der Waals surface area contributed by atoms with Crippen molar-refractivity contribution in [2.75, 3.05) is 30.8 Å². The Morgan fingerprint density at radius 3 is 2.17 bits per heavy atom. The van der Waals surface area contributed by atoms with Crippen molar-refractivity contribution < 1.29 is 4.74 Å². The van der Waals surface area contributed by atoms with Crippen LogP contribution in [0.15, 0.2) is 0 Å². The molecule has 0 aliphatic rings. The Bertz CT molecular complexity index is 350. The molecule has 0 unspecified atom stereocenters. The van der Waals surface area contributed by atoms with Crippen LogP contribution >= 0.6 is 0 Å². The number of rotatable bonds is 8. The van der Waals surface area contributed by atoms with Crippen LogP contribution < -0.4 is 15.4 Å². The van der Waals surface area contributed by atoms with Crippen LogP contribution in [0.1, 0.15) is 39.5 Å². The number of methoxy groups -OCH3 is 1. The summed E-state index contributed by atoms with van der Waals surface area (Å²) in [4.78, 5) is 14.5. The molecule has 18 heavy (non-hydrogen) atoms. The number of anilines is 2. The molecule has 0 aromatic carbocycles. The van der Waals surface area contributed by atoms with E-state index in [1.54, 1.807) is 0 Å². The number of ether oxygens (including phenoxy) is 1. The van der Waals surface area contributed by atoms with Crippen molar-refractivity contribution in [1.82, 2.24) is 15.0 Å². The second-order valence-electron chi connectivity index (χ2n) is 4.17. The fourth-order valence-electron chi connectivity index (χ4n) is 1.60. The van der Waals surface area contributed by atoms with E-state index >= 15 is 0 Å². The number of aromatic nitrogens is 3. The smallest absolute Gasteiger partial charge is 0.322 e. The van der Waals surface area contributed by atoms with E-state index in [1.165, 1.54) is 7.11 Å². The Balaban J connectivity index is 2.84. The van der Waals surface area contributed by atoms with Gasteiger partial charge in [-0.1, -0.05) is 26.7 Å². The van der Waals surface area contributed by atoms with Gasteiger partial charge in [-0.2, -0.15) is 15.0 Å². The van der Waals surface area contributed by atoms with Crippen LogP contribution in [0, 0.1) is 0 Å². The molecule has 2 N–H and O–H groups in total. The Labute approximate surface area is 109 Å². The molecule has 6 heteroatoms. The molecular weight excluding hydrogens is 230 g/mol. The van der Waals surface area contributed by atoms with Crippen LogP contribution in [-0.2, 0) is 0 Å². The molecule has 0 fully saturated rings. The summed E-state index contributed by atoms with van der Waals surface area (Å²) in [6, 6.07) is 0.274. The number of unbranched alkanes of at least 4 members (excludes halogenated alkanes) is 2. The minimum atomic E-state index is 0.204. The van der Waals surface area contributed by atoms with Crippen LogP contribution in [0.5, 0.6) is 6.01 Å². The summed E-state index contributed by atoms with van der Waals surface area (Å²) >= 11 is 0. The first-order valence-electron chi connectivity index (χ1n) is 6.51. The van der Waals surface area contributed by atoms with Crippen LogP contribution in [0.2, 0.25) is 0 Å². The average Bonchev–Trinajstić information content (AvgIpc) is 2.38. The zero-order valence-corrected chi connectivity index (χ0v) is 11.5. The van der Waals surface area contributed by atoms with E-state index in [9.17, 15) is 0 Å². The van der Waals surface area contributed by atoms with Gasteiger partial charge in [-0.25, -0.2) is 0 Å². The molecule has 0 saturated carbocycles. The van der Waals surface area contributed by atoms with Crippen LogP contribution in [0.4, 0.5) is 11.9 Å². The number of nitrogens with zero attached hydrogens (tertiary/aromatic N) is 4. The lowest BCUT2D eigenvalue weighted by Crippen LogP contribution is -2.28. The van der Waals surface area contributed by atoms with Crippen LogP contribution in [0.3, 0.4) is 0 Å². The minimum Gasteiger partial charge on any atom is -0.467 e. The summed E-state index contributed by atoms with van der Waals surface area (Å²) in [5, 5.41) is 0. The van der Waals surface area contributed by atoms with E-state index in [1.807, 2.05) is 0 Å². The molecule has 0 radical (unpaired) electrons. The highest BCUT2D eigenvalue weighted by molar-refractivity contribution is 5.35. The summed E-state index contributed by atoms with van der Waals surface area (Å²) in [5.41, 5.74) is 5.66. The van der Waals surface area contributed by atoms with Gasteiger partial charge in [0.05, 0.1) is 7.11 Å². The lowest BCUT2D eigenvalue weighted by atomic mass is 10.3. The normalized spacial score (nSPS) is 10.4. The van der Waals surface area contributed by atoms with E-state index < -0.39 is 0 Å². The largest absolute Gasteiger partial charge is 0.467 e. The van der Waals surface area contributed by atoms with Crippen molar-refractivity contribution in [3.63, 3.8) is 0 Å². The standard InChI is InChI=1S/C12H23N5O/c1-4-6-8-17(9-7-5-2)11-14-10(13)15-12(16-11)18-3/h4-9H2,1-3H3,(H2,13,14,15,16). The molecule has 1 aromatic heterocycles. The first-order valence-corrected chi connectivity index (χ1v) is 6.51. The van der Waals surface area contributed by atoms with Gasteiger partial charge in [0.2, 0.25) is 11.9 Å². The Hall–Kier alpha value is -1.59. The van der Waals surface area contributed by atoms with Gasteiger partial charge < -0.3 is 15.4 Å². The molecule has 0 spiro atoms. The molecule has 0 bridgehead atoms. The maximum Gasteiger partial charge on any atom is 0.322 e. The fourth-order valence-corrected chi connectivity index (χ4v) is 1.60. The van der Waals surface area contributed by atoms with E-state index in [0.717, 1.165) is 38.8 Å². The van der Waals surface area contributed by atoms with Gasteiger partial charge in [0.25, 0.3) is 0 Å². The lowest BCUT2D eigenvalue weighted by molar-refractivity contribution is 0.378. The topological polar surface area (TPSA) is 77.2 Å².